The normalized spacial score (nSPS) is 18.0. The molecular weight excluding hydrogens is 301 g/mol. The van der Waals surface area contributed by atoms with E-state index in [0.29, 0.717) is 12.8 Å². The highest BCUT2D eigenvalue weighted by atomic mass is 79.9. The van der Waals surface area contributed by atoms with Crippen molar-refractivity contribution in [2.75, 3.05) is 7.11 Å². The Morgan fingerprint density at radius 2 is 1.94 bits per heavy atom. The second-order valence-electron chi connectivity index (χ2n) is 4.07. The van der Waals surface area contributed by atoms with Gasteiger partial charge in [0, 0.05) is 0 Å². The lowest BCUT2D eigenvalue weighted by Gasteiger charge is -2.17. The largest absolute Gasteiger partial charge is 0.495 e. The second-order valence-corrected chi connectivity index (χ2v) is 4.92. The summed E-state index contributed by atoms with van der Waals surface area (Å²) in [6, 6.07) is 2.43. The number of halogens is 4. The first-order valence-electron chi connectivity index (χ1n) is 4.95. The van der Waals surface area contributed by atoms with E-state index in [4.69, 9.17) is 4.74 Å². The fraction of sp³-hybridized carbons (Fsp3) is 0.455. The molecule has 17 heavy (non-hydrogen) atoms. The zero-order chi connectivity index (χ0) is 12.8. The van der Waals surface area contributed by atoms with E-state index in [1.54, 1.807) is 0 Å². The van der Waals surface area contributed by atoms with Crippen LogP contribution in [-0.2, 0) is 11.8 Å². The van der Waals surface area contributed by atoms with Gasteiger partial charge in [-0.3, -0.25) is 0 Å². The summed E-state index contributed by atoms with van der Waals surface area (Å²) in [6.45, 7) is 0. The van der Waals surface area contributed by atoms with Gasteiger partial charge in [0.2, 0.25) is 0 Å². The van der Waals surface area contributed by atoms with Crippen molar-refractivity contribution in [2.45, 2.75) is 24.6 Å². The molecule has 1 N–H and O–H groups in total. The van der Waals surface area contributed by atoms with Gasteiger partial charge in [0.15, 0.2) is 0 Å². The lowest BCUT2D eigenvalue weighted by atomic mass is 10.0. The van der Waals surface area contributed by atoms with Crippen LogP contribution in [0.1, 0.15) is 24.0 Å². The topological polar surface area (TPSA) is 29.5 Å². The lowest BCUT2D eigenvalue weighted by molar-refractivity contribution is -0.138. The van der Waals surface area contributed by atoms with E-state index in [1.165, 1.54) is 13.2 Å². The molecule has 1 aliphatic carbocycles. The van der Waals surface area contributed by atoms with Crippen LogP contribution in [0, 0.1) is 0 Å². The van der Waals surface area contributed by atoms with Crippen LogP contribution in [0.3, 0.4) is 0 Å². The molecule has 1 aliphatic rings. The van der Waals surface area contributed by atoms with Crippen LogP contribution in [0.25, 0.3) is 0 Å². The van der Waals surface area contributed by atoms with Gasteiger partial charge in [-0.15, -0.1) is 0 Å². The first-order valence-corrected chi connectivity index (χ1v) is 5.75. The monoisotopic (exact) mass is 310 g/mol. The average molecular weight is 311 g/mol. The molecule has 0 unspecified atom stereocenters. The van der Waals surface area contributed by atoms with E-state index in [9.17, 15) is 18.3 Å². The number of alkyl halides is 3. The molecule has 6 heteroatoms. The average Bonchev–Trinajstić information content (AvgIpc) is 2.95. The predicted molar refractivity (Wildman–Crippen MR) is 58.8 cm³/mol. The van der Waals surface area contributed by atoms with Crippen LogP contribution in [0.4, 0.5) is 13.2 Å². The van der Waals surface area contributed by atoms with Crippen LogP contribution >= 0.6 is 15.9 Å². The van der Waals surface area contributed by atoms with Crippen molar-refractivity contribution in [3.63, 3.8) is 0 Å². The zero-order valence-corrected chi connectivity index (χ0v) is 10.5. The van der Waals surface area contributed by atoms with Crippen LogP contribution in [0.2, 0.25) is 0 Å². The molecule has 1 aromatic rings. The quantitative estimate of drug-likeness (QED) is 0.906. The van der Waals surface area contributed by atoms with E-state index >= 15 is 0 Å². The van der Waals surface area contributed by atoms with E-state index in [0.717, 1.165) is 6.07 Å². The molecule has 0 aromatic heterocycles. The molecule has 1 saturated carbocycles. The van der Waals surface area contributed by atoms with Crippen molar-refractivity contribution < 1.29 is 23.0 Å². The zero-order valence-electron chi connectivity index (χ0n) is 8.94. The number of hydrogen-bond acceptors (Lipinski definition) is 2. The van der Waals surface area contributed by atoms with Gasteiger partial charge in [-0.2, -0.15) is 13.2 Å². The van der Waals surface area contributed by atoms with Gasteiger partial charge in [0.05, 0.1) is 22.7 Å². The minimum absolute atomic E-state index is 0.199. The Labute approximate surface area is 105 Å². The molecule has 0 radical (unpaired) electrons. The number of aliphatic hydroxyl groups is 1. The summed E-state index contributed by atoms with van der Waals surface area (Å²) in [5.74, 6) is -0.259. The molecule has 94 valence electrons. The minimum atomic E-state index is -4.50. The fourth-order valence-electron chi connectivity index (χ4n) is 1.69. The molecule has 0 amide bonds. The third-order valence-electron chi connectivity index (χ3n) is 2.81. The fourth-order valence-corrected chi connectivity index (χ4v) is 2.31. The van der Waals surface area contributed by atoms with Crippen LogP contribution in [0.5, 0.6) is 5.75 Å². The number of benzene rings is 1. The summed E-state index contributed by atoms with van der Waals surface area (Å²) < 4.78 is 43.4. The third kappa shape index (κ3) is 2.28. The van der Waals surface area contributed by atoms with Crippen molar-refractivity contribution in [3.8, 4) is 5.75 Å². The predicted octanol–water partition coefficient (Wildman–Crippen LogP) is 3.46. The molecule has 0 saturated heterocycles. The van der Waals surface area contributed by atoms with Gasteiger partial charge in [-0.05, 0) is 46.5 Å². The van der Waals surface area contributed by atoms with Crippen LogP contribution < -0.4 is 4.74 Å². The van der Waals surface area contributed by atoms with Crippen molar-refractivity contribution in [1.82, 2.24) is 0 Å². The van der Waals surface area contributed by atoms with Gasteiger partial charge < -0.3 is 9.84 Å². The number of rotatable bonds is 2. The first kappa shape index (κ1) is 12.7. The molecule has 0 atom stereocenters. The molecule has 0 spiro atoms. The highest BCUT2D eigenvalue weighted by Crippen LogP contribution is 2.49. The van der Waals surface area contributed by atoms with E-state index in [-0.39, 0.29) is 15.8 Å². The highest BCUT2D eigenvalue weighted by molar-refractivity contribution is 9.10. The third-order valence-corrected chi connectivity index (χ3v) is 3.40. The lowest BCUT2D eigenvalue weighted by Crippen LogP contribution is -2.12. The maximum absolute atomic E-state index is 12.8. The Hall–Kier alpha value is -0.750. The molecule has 0 aliphatic heterocycles. The molecule has 0 bridgehead atoms. The Morgan fingerprint density at radius 1 is 1.35 bits per heavy atom. The van der Waals surface area contributed by atoms with Crippen molar-refractivity contribution in [3.05, 3.63) is 27.7 Å². The molecule has 0 heterocycles. The van der Waals surface area contributed by atoms with Gasteiger partial charge >= 0.3 is 6.18 Å². The van der Waals surface area contributed by atoms with E-state index in [2.05, 4.69) is 15.9 Å². The summed E-state index contributed by atoms with van der Waals surface area (Å²) in [6.07, 6.45) is -3.53. The number of methoxy groups -OCH3 is 1. The highest BCUT2D eigenvalue weighted by Gasteiger charge is 2.45. The standard InChI is InChI=1S/C11H10BrF3O2/c1-17-9-7(11(13,14)15)4-6(5-8(9)12)10(16)2-3-10/h4-5,16H,2-3H2,1H3. The van der Waals surface area contributed by atoms with E-state index in [1.807, 2.05) is 0 Å². The summed E-state index contributed by atoms with van der Waals surface area (Å²) in [5, 5.41) is 9.85. The smallest absolute Gasteiger partial charge is 0.420 e. The van der Waals surface area contributed by atoms with Gasteiger partial charge in [-0.25, -0.2) is 0 Å². The molecular formula is C11H10BrF3O2. The summed E-state index contributed by atoms with van der Waals surface area (Å²) in [4.78, 5) is 0. The Balaban J connectivity index is 2.58. The maximum atomic E-state index is 12.8. The first-order chi connectivity index (χ1) is 7.78. The molecule has 1 aromatic carbocycles. The van der Waals surface area contributed by atoms with E-state index < -0.39 is 17.3 Å². The Bertz CT molecular complexity index is 453. The van der Waals surface area contributed by atoms with Crippen molar-refractivity contribution in [1.29, 1.82) is 0 Å². The Morgan fingerprint density at radius 3 is 2.35 bits per heavy atom. The molecule has 1 fully saturated rings. The van der Waals surface area contributed by atoms with Crippen LogP contribution in [0.15, 0.2) is 16.6 Å². The maximum Gasteiger partial charge on any atom is 0.420 e. The number of hydrogen-bond donors (Lipinski definition) is 1. The van der Waals surface area contributed by atoms with Crippen LogP contribution in [-0.4, -0.2) is 12.2 Å². The summed E-state index contributed by atoms with van der Waals surface area (Å²) in [5.41, 5.74) is -1.70. The molecule has 2 nitrogen and oxygen atoms in total. The number of ether oxygens (including phenoxy) is 1. The van der Waals surface area contributed by atoms with Crippen molar-refractivity contribution >= 4 is 15.9 Å². The van der Waals surface area contributed by atoms with Gasteiger partial charge in [0.25, 0.3) is 0 Å². The molecule has 2 rings (SSSR count). The minimum Gasteiger partial charge on any atom is -0.495 e. The SMILES string of the molecule is COc1c(Br)cc(C2(O)CC2)cc1C(F)(F)F. The van der Waals surface area contributed by atoms with Gasteiger partial charge in [-0.1, -0.05) is 0 Å². The van der Waals surface area contributed by atoms with Gasteiger partial charge in [0.1, 0.15) is 5.75 Å². The summed E-state index contributed by atoms with van der Waals surface area (Å²) >= 11 is 3.03. The summed E-state index contributed by atoms with van der Waals surface area (Å²) in [7, 11) is 1.18. The van der Waals surface area contributed by atoms with Crippen molar-refractivity contribution in [2.24, 2.45) is 0 Å². The second kappa shape index (κ2) is 3.88. The Kier molecular flexibility index (Phi) is 2.90.